The lowest BCUT2D eigenvalue weighted by atomic mass is 10.0. The molecule has 1 heterocycles. The van der Waals surface area contributed by atoms with Crippen LogP contribution in [0.4, 0.5) is 4.79 Å². The zero-order valence-corrected chi connectivity index (χ0v) is 25.0. The Hall–Kier alpha value is -4.40. The molecular formula is C33H36N3O7P. The number of hydrogen-bond donors (Lipinski definition) is 5. The Morgan fingerprint density at radius 1 is 0.886 bits per heavy atom. The molecule has 1 fully saturated rings. The van der Waals surface area contributed by atoms with E-state index >= 15 is 0 Å². The van der Waals surface area contributed by atoms with E-state index in [0.29, 0.717) is 12.8 Å². The highest BCUT2D eigenvalue weighted by Crippen LogP contribution is 2.58. The van der Waals surface area contributed by atoms with Crippen LogP contribution in [0.2, 0.25) is 0 Å². The summed E-state index contributed by atoms with van der Waals surface area (Å²) in [6.45, 7) is -0.0120. The molecular weight excluding hydrogens is 581 g/mol. The van der Waals surface area contributed by atoms with Crippen LogP contribution in [-0.2, 0) is 38.3 Å². The van der Waals surface area contributed by atoms with E-state index in [1.165, 1.54) is 0 Å². The topological polar surface area (TPSA) is 158 Å². The first-order chi connectivity index (χ1) is 21.2. The van der Waals surface area contributed by atoms with Crippen molar-refractivity contribution in [1.82, 2.24) is 15.6 Å². The van der Waals surface area contributed by atoms with Gasteiger partial charge in [-0.2, -0.15) is 0 Å². The molecule has 4 aromatic rings. The number of carbonyl (C=O) groups is 3. The van der Waals surface area contributed by atoms with E-state index in [1.54, 1.807) is 42.6 Å². The van der Waals surface area contributed by atoms with Crippen LogP contribution in [-0.4, -0.2) is 50.4 Å². The first-order valence-corrected chi connectivity index (χ1v) is 16.4. The predicted octanol–water partition coefficient (Wildman–Crippen LogP) is 5.21. The average molecular weight is 618 g/mol. The van der Waals surface area contributed by atoms with Gasteiger partial charge < -0.3 is 30.4 Å². The summed E-state index contributed by atoms with van der Waals surface area (Å²) in [5.74, 6) is -3.89. The molecule has 44 heavy (non-hydrogen) atoms. The molecule has 1 saturated carbocycles. The number of aliphatic carboxylic acids is 1. The minimum absolute atomic E-state index is 0.0120. The summed E-state index contributed by atoms with van der Waals surface area (Å²) in [4.78, 5) is 53.3. The molecule has 11 heteroatoms. The maximum Gasteiger partial charge on any atom is 0.408 e. The molecule has 0 radical (unpaired) electrons. The van der Waals surface area contributed by atoms with Crippen molar-refractivity contribution in [2.24, 2.45) is 5.92 Å². The van der Waals surface area contributed by atoms with Crippen molar-refractivity contribution in [3.05, 3.63) is 108 Å². The van der Waals surface area contributed by atoms with Crippen LogP contribution in [0.25, 0.3) is 10.9 Å². The summed E-state index contributed by atoms with van der Waals surface area (Å²) in [7, 11) is -4.26. The van der Waals surface area contributed by atoms with Gasteiger partial charge in [-0.15, -0.1) is 0 Å². The summed E-state index contributed by atoms with van der Waals surface area (Å²) in [5, 5.41) is 16.1. The van der Waals surface area contributed by atoms with Crippen LogP contribution in [0.3, 0.4) is 0 Å². The zero-order chi connectivity index (χ0) is 31.1. The molecule has 0 spiro atoms. The standard InChI is InChI=1S/C33H36N3O7P/c37-31(35-28(32(38)39)19-24-20-34-27-16-8-7-14-25(24)27)26-15-9-17-29(26)44(41,42)30(18-22-10-3-1-4-11-22)36-33(40)43-21-23-12-5-2-6-13-23/h1-8,10-14,16,20,26,28-30,34H,9,15,17-19,21H2,(H,35,37)(H,36,40)(H,38,39)(H,41,42)/t26?,28-,29?,30?/m0/s1. The molecule has 2 amide bonds. The molecule has 0 bridgehead atoms. The first-order valence-electron chi connectivity index (χ1n) is 14.6. The molecule has 10 nitrogen and oxygen atoms in total. The summed E-state index contributed by atoms with van der Waals surface area (Å²) < 4.78 is 19.6. The number of carboxylic acid groups (broad SMARTS) is 1. The van der Waals surface area contributed by atoms with Crippen molar-refractivity contribution in [2.45, 2.75) is 56.2 Å². The SMILES string of the molecule is O=C(NC(Cc1ccccc1)P(=O)(O)C1CCCC1C(=O)N[C@@H](Cc1c[nH]c2ccccc12)C(=O)O)OCc1ccccc1. The van der Waals surface area contributed by atoms with Crippen molar-refractivity contribution in [3.8, 4) is 0 Å². The molecule has 5 rings (SSSR count). The van der Waals surface area contributed by atoms with Gasteiger partial charge in [0.05, 0.1) is 0 Å². The number of carbonyl (C=O) groups excluding carboxylic acids is 2. The Morgan fingerprint density at radius 3 is 2.25 bits per heavy atom. The van der Waals surface area contributed by atoms with E-state index in [0.717, 1.165) is 27.6 Å². The number of aromatic nitrogens is 1. The van der Waals surface area contributed by atoms with Crippen molar-refractivity contribution in [2.75, 3.05) is 0 Å². The van der Waals surface area contributed by atoms with Crippen LogP contribution in [0.1, 0.15) is 36.0 Å². The third kappa shape index (κ3) is 7.38. The van der Waals surface area contributed by atoms with Gasteiger partial charge in [0.15, 0.2) is 0 Å². The number of fused-ring (bicyclic) bond motifs is 1. The predicted molar refractivity (Wildman–Crippen MR) is 166 cm³/mol. The molecule has 5 atom stereocenters. The lowest BCUT2D eigenvalue weighted by Gasteiger charge is -2.31. The fraction of sp³-hybridized carbons (Fsp3) is 0.303. The molecule has 1 aliphatic rings. The number of hydrogen-bond acceptors (Lipinski definition) is 5. The molecule has 5 N–H and O–H groups in total. The smallest absolute Gasteiger partial charge is 0.408 e. The number of para-hydroxylation sites is 1. The third-order valence-electron chi connectivity index (χ3n) is 8.22. The molecule has 4 unspecified atom stereocenters. The second-order valence-corrected chi connectivity index (χ2v) is 13.8. The highest BCUT2D eigenvalue weighted by molar-refractivity contribution is 7.59. The van der Waals surface area contributed by atoms with Crippen LogP contribution < -0.4 is 10.6 Å². The van der Waals surface area contributed by atoms with Crippen LogP contribution in [0.15, 0.2) is 91.1 Å². The Labute approximate surface area is 255 Å². The third-order valence-corrected chi connectivity index (χ3v) is 11.0. The van der Waals surface area contributed by atoms with Gasteiger partial charge in [-0.05, 0) is 35.6 Å². The number of nitrogens with one attached hydrogen (secondary N) is 3. The Balaban J connectivity index is 1.31. The van der Waals surface area contributed by atoms with Crippen molar-refractivity contribution < 1.29 is 33.7 Å². The fourth-order valence-corrected chi connectivity index (χ4v) is 8.51. The molecule has 1 aliphatic carbocycles. The molecule has 0 saturated heterocycles. The second-order valence-electron chi connectivity index (χ2n) is 11.2. The maximum absolute atomic E-state index is 14.3. The number of ether oxygens (including phenoxy) is 1. The Bertz CT molecular complexity index is 1640. The number of amides is 2. The van der Waals surface area contributed by atoms with Gasteiger partial charge in [-0.1, -0.05) is 85.3 Å². The van der Waals surface area contributed by atoms with Crippen molar-refractivity contribution in [1.29, 1.82) is 0 Å². The second kappa shape index (κ2) is 13.9. The quantitative estimate of drug-likeness (QED) is 0.137. The maximum atomic E-state index is 14.3. The van der Waals surface area contributed by atoms with Crippen LogP contribution in [0.5, 0.6) is 0 Å². The number of benzene rings is 3. The van der Waals surface area contributed by atoms with E-state index in [9.17, 15) is 28.9 Å². The van der Waals surface area contributed by atoms with E-state index in [-0.39, 0.29) is 25.9 Å². The fourth-order valence-electron chi connectivity index (χ4n) is 5.93. The number of H-pyrrole nitrogens is 1. The lowest BCUT2D eigenvalue weighted by Crippen LogP contribution is -2.47. The monoisotopic (exact) mass is 617 g/mol. The molecule has 0 aliphatic heterocycles. The average Bonchev–Trinajstić information content (AvgIpc) is 3.69. The van der Waals surface area contributed by atoms with Crippen LogP contribution in [0, 0.1) is 5.92 Å². The molecule has 3 aromatic carbocycles. The van der Waals surface area contributed by atoms with Gasteiger partial charge >= 0.3 is 12.1 Å². The molecule has 230 valence electrons. The normalized spacial score (nSPS) is 19.0. The lowest BCUT2D eigenvalue weighted by molar-refractivity contribution is -0.142. The van der Waals surface area contributed by atoms with Gasteiger partial charge in [-0.25, -0.2) is 9.59 Å². The Kier molecular flexibility index (Phi) is 9.82. The highest BCUT2D eigenvalue weighted by Gasteiger charge is 2.49. The van der Waals surface area contributed by atoms with Gasteiger partial charge in [0, 0.05) is 41.5 Å². The number of aromatic amines is 1. The van der Waals surface area contributed by atoms with Gasteiger partial charge in [0.25, 0.3) is 0 Å². The van der Waals surface area contributed by atoms with E-state index < -0.39 is 48.7 Å². The van der Waals surface area contributed by atoms with E-state index in [1.807, 2.05) is 48.5 Å². The molecule has 1 aromatic heterocycles. The Morgan fingerprint density at radius 2 is 1.55 bits per heavy atom. The summed E-state index contributed by atoms with van der Waals surface area (Å²) in [6, 6.07) is 24.4. The van der Waals surface area contributed by atoms with Crippen molar-refractivity contribution in [3.63, 3.8) is 0 Å². The zero-order valence-electron chi connectivity index (χ0n) is 24.1. The summed E-state index contributed by atoms with van der Waals surface area (Å²) in [6.07, 6.45) is 2.12. The van der Waals surface area contributed by atoms with Gasteiger partial charge in [0.2, 0.25) is 13.3 Å². The van der Waals surface area contributed by atoms with Crippen molar-refractivity contribution >= 4 is 36.2 Å². The van der Waals surface area contributed by atoms with Crippen LogP contribution >= 0.6 is 7.37 Å². The van der Waals surface area contributed by atoms with E-state index in [2.05, 4.69) is 15.6 Å². The van der Waals surface area contributed by atoms with E-state index in [4.69, 9.17) is 4.74 Å². The minimum atomic E-state index is -4.26. The summed E-state index contributed by atoms with van der Waals surface area (Å²) >= 11 is 0. The van der Waals surface area contributed by atoms with Gasteiger partial charge in [0.1, 0.15) is 18.4 Å². The first kappa shape index (κ1) is 31.0. The summed E-state index contributed by atoms with van der Waals surface area (Å²) in [5.41, 5.74) is 2.13. The highest BCUT2D eigenvalue weighted by atomic mass is 31.2. The number of carboxylic acids is 1. The van der Waals surface area contributed by atoms with Gasteiger partial charge in [-0.3, -0.25) is 9.36 Å². The minimum Gasteiger partial charge on any atom is -0.480 e. The number of rotatable bonds is 12. The number of alkyl carbamates (subject to hydrolysis) is 1. The largest absolute Gasteiger partial charge is 0.480 e.